The molecule has 0 heterocycles. The van der Waals surface area contributed by atoms with Crippen LogP contribution in [0.1, 0.15) is 35.3 Å². The average Bonchev–Trinajstić information content (AvgIpc) is 2.65. The third-order valence-corrected chi connectivity index (χ3v) is 4.07. The summed E-state index contributed by atoms with van der Waals surface area (Å²) in [6.45, 7) is 4.80. The van der Waals surface area contributed by atoms with Crippen molar-refractivity contribution in [1.82, 2.24) is 10.6 Å². The Kier molecular flexibility index (Phi) is 7.36. The van der Waals surface area contributed by atoms with Gasteiger partial charge in [-0.2, -0.15) is 0 Å². The molecule has 138 valence electrons. The zero-order valence-corrected chi connectivity index (χ0v) is 15.5. The molecule has 1 unspecified atom stereocenters. The normalized spacial score (nSPS) is 11.8. The first-order chi connectivity index (χ1) is 12.5. The van der Waals surface area contributed by atoms with E-state index in [1.165, 1.54) is 0 Å². The van der Waals surface area contributed by atoms with Crippen molar-refractivity contribution >= 4 is 11.8 Å². The van der Waals surface area contributed by atoms with Gasteiger partial charge in [-0.15, -0.1) is 0 Å². The van der Waals surface area contributed by atoms with Gasteiger partial charge in [0.15, 0.2) is 0 Å². The number of rotatable bonds is 8. The van der Waals surface area contributed by atoms with Crippen molar-refractivity contribution in [3.05, 3.63) is 71.3 Å². The number of carbonyl (C=O) groups excluding carboxylic acids is 2. The molecule has 5 nitrogen and oxygen atoms in total. The number of benzene rings is 2. The Bertz CT molecular complexity index is 712. The third kappa shape index (κ3) is 5.70. The summed E-state index contributed by atoms with van der Waals surface area (Å²) in [6, 6.07) is 16.2. The number of carbonyl (C=O) groups is 2. The number of hydrogen-bond acceptors (Lipinski definition) is 3. The van der Waals surface area contributed by atoms with Crippen molar-refractivity contribution in [2.24, 2.45) is 5.92 Å². The lowest BCUT2D eigenvalue weighted by atomic mass is 10.0. The predicted octanol–water partition coefficient (Wildman–Crippen LogP) is 2.90. The summed E-state index contributed by atoms with van der Waals surface area (Å²) < 4.78 is 5.09. The summed E-state index contributed by atoms with van der Waals surface area (Å²) in [5, 5.41) is 5.73. The number of nitrogens with one attached hydrogen (secondary N) is 2. The summed E-state index contributed by atoms with van der Waals surface area (Å²) in [7, 11) is 1.66. The van der Waals surface area contributed by atoms with Crippen LogP contribution in [0.3, 0.4) is 0 Å². The summed E-state index contributed by atoms with van der Waals surface area (Å²) in [5.41, 5.74) is 2.62. The minimum Gasteiger partial charge on any atom is -0.380 e. The molecule has 0 saturated carbocycles. The van der Waals surface area contributed by atoms with E-state index in [9.17, 15) is 9.59 Å². The fraction of sp³-hybridized carbons (Fsp3) is 0.333. The Balaban J connectivity index is 1.94. The molecule has 0 aliphatic carbocycles. The highest BCUT2D eigenvalue weighted by molar-refractivity contribution is 5.97. The fourth-order valence-corrected chi connectivity index (χ4v) is 2.57. The number of hydrogen-bond donors (Lipinski definition) is 2. The van der Waals surface area contributed by atoms with E-state index in [1.807, 2.05) is 44.2 Å². The highest BCUT2D eigenvalue weighted by atomic mass is 16.5. The van der Waals surface area contributed by atoms with E-state index in [0.29, 0.717) is 18.7 Å². The zero-order chi connectivity index (χ0) is 18.9. The Hall–Kier alpha value is -2.66. The Labute approximate surface area is 154 Å². The van der Waals surface area contributed by atoms with Gasteiger partial charge in [0, 0.05) is 19.2 Å². The second-order valence-corrected chi connectivity index (χ2v) is 6.53. The van der Waals surface area contributed by atoms with Crippen molar-refractivity contribution in [3.63, 3.8) is 0 Å². The minimum atomic E-state index is -0.588. The summed E-state index contributed by atoms with van der Waals surface area (Å²) in [6.07, 6.45) is 0. The molecule has 1 atom stereocenters. The Morgan fingerprint density at radius 2 is 1.58 bits per heavy atom. The maximum atomic E-state index is 12.5. The van der Waals surface area contributed by atoms with E-state index in [0.717, 1.165) is 11.1 Å². The van der Waals surface area contributed by atoms with E-state index >= 15 is 0 Å². The molecule has 0 aromatic heterocycles. The topological polar surface area (TPSA) is 67.4 Å². The third-order valence-electron chi connectivity index (χ3n) is 4.07. The van der Waals surface area contributed by atoms with Crippen LogP contribution in [0.5, 0.6) is 0 Å². The van der Waals surface area contributed by atoms with Crippen LogP contribution in [0.4, 0.5) is 0 Å². The van der Waals surface area contributed by atoms with E-state index in [2.05, 4.69) is 10.6 Å². The predicted molar refractivity (Wildman–Crippen MR) is 102 cm³/mol. The SMILES string of the molecule is COCc1ccc(CNC(=O)C(NC(=O)c2ccccc2)C(C)C)cc1. The zero-order valence-electron chi connectivity index (χ0n) is 15.5. The first-order valence-corrected chi connectivity index (χ1v) is 8.71. The summed E-state index contributed by atoms with van der Waals surface area (Å²) in [5.74, 6) is -0.458. The fourth-order valence-electron chi connectivity index (χ4n) is 2.57. The summed E-state index contributed by atoms with van der Waals surface area (Å²) in [4.78, 5) is 24.9. The molecule has 2 amide bonds. The maximum absolute atomic E-state index is 12.5. The van der Waals surface area contributed by atoms with Gasteiger partial charge in [0.1, 0.15) is 6.04 Å². The first kappa shape index (κ1) is 19.7. The first-order valence-electron chi connectivity index (χ1n) is 8.71. The smallest absolute Gasteiger partial charge is 0.251 e. The van der Waals surface area contributed by atoms with Gasteiger partial charge < -0.3 is 15.4 Å². The molecule has 0 aliphatic rings. The van der Waals surface area contributed by atoms with Crippen LogP contribution in [0, 0.1) is 5.92 Å². The quantitative estimate of drug-likeness (QED) is 0.766. The van der Waals surface area contributed by atoms with Gasteiger partial charge in [-0.05, 0) is 29.2 Å². The van der Waals surface area contributed by atoms with Gasteiger partial charge in [-0.1, -0.05) is 56.3 Å². The molecule has 0 spiro atoms. The molecule has 2 rings (SSSR count). The number of methoxy groups -OCH3 is 1. The maximum Gasteiger partial charge on any atom is 0.251 e. The van der Waals surface area contributed by atoms with E-state index < -0.39 is 6.04 Å². The van der Waals surface area contributed by atoms with E-state index in [-0.39, 0.29) is 17.7 Å². The lowest BCUT2D eigenvalue weighted by Crippen LogP contribution is -2.49. The molecule has 2 N–H and O–H groups in total. The molecule has 0 saturated heterocycles. The second kappa shape index (κ2) is 9.73. The van der Waals surface area contributed by atoms with Crippen LogP contribution < -0.4 is 10.6 Å². The van der Waals surface area contributed by atoms with E-state index in [1.54, 1.807) is 31.4 Å². The van der Waals surface area contributed by atoms with Crippen LogP contribution in [-0.2, 0) is 22.7 Å². The van der Waals surface area contributed by atoms with Gasteiger partial charge in [-0.25, -0.2) is 0 Å². The molecule has 2 aromatic carbocycles. The van der Waals surface area contributed by atoms with Crippen molar-refractivity contribution in [2.75, 3.05) is 7.11 Å². The standard InChI is InChI=1S/C21H26N2O3/c1-15(2)19(23-20(24)18-7-5-4-6-8-18)21(25)22-13-16-9-11-17(12-10-16)14-26-3/h4-12,15,19H,13-14H2,1-3H3,(H,22,25)(H,23,24). The molecular weight excluding hydrogens is 328 g/mol. The molecule has 0 radical (unpaired) electrons. The van der Waals surface area contributed by atoms with Crippen LogP contribution in [0.2, 0.25) is 0 Å². The molecule has 0 bridgehead atoms. The molecule has 5 heteroatoms. The lowest BCUT2D eigenvalue weighted by Gasteiger charge is -2.22. The van der Waals surface area contributed by atoms with Crippen LogP contribution >= 0.6 is 0 Å². The molecule has 0 aliphatic heterocycles. The van der Waals surface area contributed by atoms with Crippen molar-refractivity contribution in [3.8, 4) is 0 Å². The molecule has 2 aromatic rings. The van der Waals surface area contributed by atoms with Gasteiger partial charge in [0.2, 0.25) is 5.91 Å². The monoisotopic (exact) mass is 354 g/mol. The largest absolute Gasteiger partial charge is 0.380 e. The second-order valence-electron chi connectivity index (χ2n) is 6.53. The number of amides is 2. The van der Waals surface area contributed by atoms with Gasteiger partial charge in [0.25, 0.3) is 5.91 Å². The van der Waals surface area contributed by atoms with Gasteiger partial charge in [0.05, 0.1) is 6.61 Å². The van der Waals surface area contributed by atoms with Gasteiger partial charge >= 0.3 is 0 Å². The van der Waals surface area contributed by atoms with Crippen molar-refractivity contribution < 1.29 is 14.3 Å². The molecule has 0 fully saturated rings. The van der Waals surface area contributed by atoms with Crippen molar-refractivity contribution in [2.45, 2.75) is 33.0 Å². The van der Waals surface area contributed by atoms with Crippen LogP contribution in [-0.4, -0.2) is 25.0 Å². The van der Waals surface area contributed by atoms with Crippen LogP contribution in [0.15, 0.2) is 54.6 Å². The van der Waals surface area contributed by atoms with E-state index in [4.69, 9.17) is 4.74 Å². The summed E-state index contributed by atoms with van der Waals surface area (Å²) >= 11 is 0. The highest BCUT2D eigenvalue weighted by Crippen LogP contribution is 2.08. The average molecular weight is 354 g/mol. The van der Waals surface area contributed by atoms with Crippen molar-refractivity contribution in [1.29, 1.82) is 0 Å². The Morgan fingerprint density at radius 1 is 0.962 bits per heavy atom. The van der Waals surface area contributed by atoms with Gasteiger partial charge in [-0.3, -0.25) is 9.59 Å². The lowest BCUT2D eigenvalue weighted by molar-refractivity contribution is -0.124. The molecule has 26 heavy (non-hydrogen) atoms. The Morgan fingerprint density at radius 3 is 2.15 bits per heavy atom. The van der Waals surface area contributed by atoms with Crippen LogP contribution in [0.25, 0.3) is 0 Å². The highest BCUT2D eigenvalue weighted by Gasteiger charge is 2.24. The molecular formula is C21H26N2O3. The number of ether oxygens (including phenoxy) is 1. The minimum absolute atomic E-state index is 0.0215.